The summed E-state index contributed by atoms with van der Waals surface area (Å²) in [5, 5.41) is 0.548. The first-order valence-corrected chi connectivity index (χ1v) is 5.74. The number of benzene rings is 1. The molecule has 0 aliphatic rings. The van der Waals surface area contributed by atoms with Crippen molar-refractivity contribution in [3.8, 4) is 11.8 Å². The molecule has 2 aromatic rings. The lowest BCUT2D eigenvalue weighted by atomic mass is 10.2. The summed E-state index contributed by atoms with van der Waals surface area (Å²) in [6.07, 6.45) is 3.23. The molecule has 0 fully saturated rings. The maximum absolute atomic E-state index is 6.02. The monoisotopic (exact) mass is 298 g/mol. The molecule has 0 aliphatic heterocycles. The van der Waals surface area contributed by atoms with Crippen LogP contribution in [0.5, 0.6) is 11.8 Å². The van der Waals surface area contributed by atoms with E-state index in [9.17, 15) is 0 Å². The van der Waals surface area contributed by atoms with Gasteiger partial charge in [-0.2, -0.15) is 0 Å². The zero-order valence-electron chi connectivity index (χ0n) is 8.45. The number of hydrogen-bond donors (Lipinski definition) is 0. The number of nitrogens with zero attached hydrogens (tertiary/aromatic N) is 2. The molecule has 0 saturated heterocycles. The topological polar surface area (TPSA) is 35.0 Å². The van der Waals surface area contributed by atoms with Crippen molar-refractivity contribution in [2.75, 3.05) is 0 Å². The van der Waals surface area contributed by atoms with E-state index in [4.69, 9.17) is 16.3 Å². The molecule has 0 bridgehead atoms. The van der Waals surface area contributed by atoms with Crippen LogP contribution in [0.3, 0.4) is 0 Å². The summed E-state index contributed by atoms with van der Waals surface area (Å²) >= 11 is 9.27. The van der Waals surface area contributed by atoms with Gasteiger partial charge in [-0.05, 0) is 40.5 Å². The lowest BCUT2D eigenvalue weighted by Crippen LogP contribution is -1.91. The molecule has 0 unspecified atom stereocenters. The first-order valence-electron chi connectivity index (χ1n) is 4.57. The van der Waals surface area contributed by atoms with Crippen LogP contribution in [-0.2, 0) is 0 Å². The number of rotatable bonds is 2. The Kier molecular flexibility index (Phi) is 3.41. The predicted octanol–water partition coefficient (Wildman–Crippen LogP) is 3.99. The van der Waals surface area contributed by atoms with Crippen LogP contribution in [0.4, 0.5) is 0 Å². The van der Waals surface area contributed by atoms with E-state index in [1.807, 2.05) is 19.1 Å². The number of halogens is 2. The Bertz CT molecular complexity index is 502. The van der Waals surface area contributed by atoms with E-state index in [2.05, 4.69) is 25.9 Å². The van der Waals surface area contributed by atoms with Gasteiger partial charge >= 0.3 is 6.01 Å². The minimum atomic E-state index is 0.272. The average molecular weight is 300 g/mol. The summed E-state index contributed by atoms with van der Waals surface area (Å²) in [5.41, 5.74) is 1.08. The van der Waals surface area contributed by atoms with Gasteiger partial charge < -0.3 is 4.74 Å². The molecule has 0 atom stereocenters. The Hall–Kier alpha value is -1.13. The van der Waals surface area contributed by atoms with E-state index < -0.39 is 0 Å². The Morgan fingerprint density at radius 1 is 1.25 bits per heavy atom. The molecule has 16 heavy (non-hydrogen) atoms. The molecule has 1 aromatic carbocycles. The van der Waals surface area contributed by atoms with Crippen LogP contribution in [0, 0.1) is 6.92 Å². The van der Waals surface area contributed by atoms with Crippen LogP contribution < -0.4 is 4.74 Å². The molecule has 0 spiro atoms. The van der Waals surface area contributed by atoms with Crippen molar-refractivity contribution in [2.45, 2.75) is 6.92 Å². The number of aromatic nitrogens is 2. The van der Waals surface area contributed by atoms with Gasteiger partial charge in [-0.25, -0.2) is 9.97 Å². The minimum absolute atomic E-state index is 0.272. The van der Waals surface area contributed by atoms with Gasteiger partial charge in [-0.1, -0.05) is 17.7 Å². The van der Waals surface area contributed by atoms with Crippen LogP contribution in [-0.4, -0.2) is 9.97 Å². The maximum Gasteiger partial charge on any atom is 0.321 e. The van der Waals surface area contributed by atoms with Gasteiger partial charge in [-0.15, -0.1) is 0 Å². The van der Waals surface area contributed by atoms with Gasteiger partial charge in [0.05, 0.1) is 9.50 Å². The molecule has 0 amide bonds. The first-order chi connectivity index (χ1) is 7.65. The normalized spacial score (nSPS) is 10.2. The highest BCUT2D eigenvalue weighted by Crippen LogP contribution is 2.28. The summed E-state index contributed by atoms with van der Waals surface area (Å²) < 4.78 is 6.24. The highest BCUT2D eigenvalue weighted by molar-refractivity contribution is 9.10. The third-order valence-electron chi connectivity index (χ3n) is 1.89. The minimum Gasteiger partial charge on any atom is -0.423 e. The third-order valence-corrected chi connectivity index (χ3v) is 2.59. The van der Waals surface area contributed by atoms with Crippen molar-refractivity contribution in [1.29, 1.82) is 0 Å². The van der Waals surface area contributed by atoms with Crippen molar-refractivity contribution >= 4 is 27.5 Å². The Morgan fingerprint density at radius 3 is 2.56 bits per heavy atom. The first kappa shape index (κ1) is 11.4. The highest BCUT2D eigenvalue weighted by atomic mass is 79.9. The molecule has 1 heterocycles. The second-order valence-electron chi connectivity index (χ2n) is 3.22. The fourth-order valence-electron chi connectivity index (χ4n) is 1.14. The van der Waals surface area contributed by atoms with E-state index in [0.717, 1.165) is 10.0 Å². The van der Waals surface area contributed by atoms with Crippen molar-refractivity contribution < 1.29 is 4.74 Å². The quantitative estimate of drug-likeness (QED) is 0.841. The molecule has 0 aliphatic carbocycles. The average Bonchev–Trinajstić information content (AvgIpc) is 2.25. The third kappa shape index (κ3) is 2.71. The summed E-state index contributed by atoms with van der Waals surface area (Å²) in [6.45, 7) is 1.96. The van der Waals surface area contributed by atoms with Crippen LogP contribution in [0.25, 0.3) is 0 Å². The molecule has 82 valence electrons. The summed E-state index contributed by atoms with van der Waals surface area (Å²) in [7, 11) is 0. The van der Waals surface area contributed by atoms with Gasteiger partial charge in [0.1, 0.15) is 5.75 Å². The van der Waals surface area contributed by atoms with E-state index in [1.165, 1.54) is 0 Å². The fourth-order valence-corrected chi connectivity index (χ4v) is 1.62. The lowest BCUT2D eigenvalue weighted by molar-refractivity contribution is 0.441. The Balaban J connectivity index is 2.23. The fraction of sp³-hybridized carbons (Fsp3) is 0.0909. The summed E-state index contributed by atoms with van der Waals surface area (Å²) in [6, 6.07) is 5.81. The Morgan fingerprint density at radius 2 is 1.94 bits per heavy atom. The molecule has 5 heteroatoms. The van der Waals surface area contributed by atoms with E-state index in [-0.39, 0.29) is 6.01 Å². The molecule has 1 aromatic heterocycles. The summed E-state index contributed by atoms with van der Waals surface area (Å²) in [4.78, 5) is 8.00. The molecular weight excluding hydrogens is 291 g/mol. The predicted molar refractivity (Wildman–Crippen MR) is 66.0 cm³/mol. The highest BCUT2D eigenvalue weighted by Gasteiger charge is 2.04. The van der Waals surface area contributed by atoms with Crippen molar-refractivity contribution in [3.63, 3.8) is 0 Å². The van der Waals surface area contributed by atoms with Crippen LogP contribution in [0.1, 0.15) is 5.56 Å². The van der Waals surface area contributed by atoms with Crippen molar-refractivity contribution in [2.24, 2.45) is 0 Å². The molecule has 0 saturated carbocycles. The lowest BCUT2D eigenvalue weighted by Gasteiger charge is -2.05. The van der Waals surface area contributed by atoms with Crippen LogP contribution >= 0.6 is 27.5 Å². The number of aryl methyl sites for hydroxylation is 1. The second kappa shape index (κ2) is 4.80. The van der Waals surface area contributed by atoms with Crippen LogP contribution in [0.15, 0.2) is 35.1 Å². The zero-order valence-corrected chi connectivity index (χ0v) is 10.8. The smallest absolute Gasteiger partial charge is 0.321 e. The molecule has 0 N–H and O–H groups in total. The molecule has 0 radical (unpaired) electrons. The van der Waals surface area contributed by atoms with Crippen molar-refractivity contribution in [1.82, 2.24) is 9.97 Å². The molecule has 3 nitrogen and oxygen atoms in total. The van der Waals surface area contributed by atoms with Crippen molar-refractivity contribution in [3.05, 3.63) is 45.7 Å². The SMILES string of the molecule is Cc1ccc(Oc2ncc(Br)cn2)c(Cl)c1. The van der Waals surface area contributed by atoms with Crippen LogP contribution in [0.2, 0.25) is 5.02 Å². The van der Waals surface area contributed by atoms with Gasteiger partial charge in [0.25, 0.3) is 0 Å². The van der Waals surface area contributed by atoms with Gasteiger partial charge in [-0.3, -0.25) is 0 Å². The van der Waals surface area contributed by atoms with E-state index in [0.29, 0.717) is 10.8 Å². The maximum atomic E-state index is 6.02. The standard InChI is InChI=1S/C11H8BrClN2O/c1-7-2-3-10(9(13)4-7)16-11-14-5-8(12)6-15-11/h2-6H,1H3. The summed E-state index contributed by atoms with van der Waals surface area (Å²) in [5.74, 6) is 0.551. The van der Waals surface area contributed by atoms with E-state index >= 15 is 0 Å². The number of hydrogen-bond acceptors (Lipinski definition) is 3. The second-order valence-corrected chi connectivity index (χ2v) is 4.54. The zero-order chi connectivity index (χ0) is 11.5. The van der Waals surface area contributed by atoms with Gasteiger partial charge in [0.2, 0.25) is 0 Å². The molecular formula is C11H8BrClN2O. The molecule has 2 rings (SSSR count). The largest absolute Gasteiger partial charge is 0.423 e. The van der Waals surface area contributed by atoms with Gasteiger partial charge in [0, 0.05) is 12.4 Å². The van der Waals surface area contributed by atoms with E-state index in [1.54, 1.807) is 18.5 Å². The Labute approximate surface area is 107 Å². The number of ether oxygens (including phenoxy) is 1. The van der Waals surface area contributed by atoms with Gasteiger partial charge in [0.15, 0.2) is 0 Å².